The molecule has 0 heterocycles. The molecule has 1 amide bonds. The van der Waals surface area contributed by atoms with Crippen LogP contribution in [0.4, 0.5) is 14.5 Å². The summed E-state index contributed by atoms with van der Waals surface area (Å²) in [5.41, 5.74) is 0.490. The first-order valence-corrected chi connectivity index (χ1v) is 8.72. The van der Waals surface area contributed by atoms with Crippen LogP contribution in [0.15, 0.2) is 53.4 Å². The molecule has 138 valence electrons. The van der Waals surface area contributed by atoms with Gasteiger partial charge in [0.25, 0.3) is 5.91 Å². The monoisotopic (exact) mass is 384 g/mol. The van der Waals surface area contributed by atoms with Crippen LogP contribution in [0.25, 0.3) is 0 Å². The number of carbonyl (C=O) groups is 2. The molecule has 0 unspecified atom stereocenters. The second-order valence-corrected chi connectivity index (χ2v) is 6.65. The van der Waals surface area contributed by atoms with Gasteiger partial charge in [-0.3, -0.25) is 9.59 Å². The van der Waals surface area contributed by atoms with Crippen molar-refractivity contribution in [2.75, 3.05) is 18.5 Å². The summed E-state index contributed by atoms with van der Waals surface area (Å²) in [7, 11) is -4.61. The van der Waals surface area contributed by atoms with Crippen molar-refractivity contribution < 1.29 is 31.5 Å². The second kappa shape index (κ2) is 8.50. The third kappa shape index (κ3) is 5.33. The van der Waals surface area contributed by atoms with Crippen LogP contribution in [0, 0.1) is 11.6 Å². The molecule has 26 heavy (non-hydrogen) atoms. The van der Waals surface area contributed by atoms with Gasteiger partial charge in [-0.15, -0.1) is 0 Å². The molecule has 0 spiro atoms. The van der Waals surface area contributed by atoms with Crippen LogP contribution < -0.4 is 10.0 Å². The van der Waals surface area contributed by atoms with E-state index in [9.17, 15) is 26.8 Å². The average Bonchev–Trinajstić information content (AvgIpc) is 2.59. The lowest BCUT2D eigenvalue weighted by Gasteiger charge is -2.09. The molecular weight excluding hydrogens is 370 g/mol. The smallest absolute Gasteiger partial charge is 0.321 e. The molecule has 0 saturated carbocycles. The molecule has 2 rings (SSSR count). The third-order valence-electron chi connectivity index (χ3n) is 3.02. The predicted molar refractivity (Wildman–Crippen MR) is 87.6 cm³/mol. The Kier molecular flexibility index (Phi) is 6.36. The third-order valence-corrected chi connectivity index (χ3v) is 4.47. The average molecular weight is 384 g/mol. The van der Waals surface area contributed by atoms with Gasteiger partial charge in [-0.1, -0.05) is 24.3 Å². The molecule has 7 nitrogen and oxygen atoms in total. The van der Waals surface area contributed by atoms with E-state index in [1.54, 1.807) is 35.1 Å². The number of ether oxygens (including phenoxy) is 1. The van der Waals surface area contributed by atoms with Crippen LogP contribution in [-0.2, 0) is 24.3 Å². The zero-order chi connectivity index (χ0) is 19.2. The SMILES string of the molecule is O=C(COC(=O)CNS(=O)(=O)c1c(F)cccc1F)Nc1ccccc1. The molecular formula is C16H14F2N2O5S. The van der Waals surface area contributed by atoms with Crippen molar-refractivity contribution in [3.63, 3.8) is 0 Å². The summed E-state index contributed by atoms with van der Waals surface area (Å²) >= 11 is 0. The minimum absolute atomic E-state index is 0.490. The number of sulfonamides is 1. The van der Waals surface area contributed by atoms with Gasteiger partial charge in [-0.25, -0.2) is 17.2 Å². The second-order valence-electron chi connectivity index (χ2n) is 4.95. The van der Waals surface area contributed by atoms with Crippen molar-refractivity contribution in [1.29, 1.82) is 0 Å². The Bertz CT molecular complexity index is 884. The van der Waals surface area contributed by atoms with Crippen molar-refractivity contribution in [3.8, 4) is 0 Å². The van der Waals surface area contributed by atoms with Crippen LogP contribution in [-0.4, -0.2) is 33.4 Å². The maximum Gasteiger partial charge on any atom is 0.321 e. The lowest BCUT2D eigenvalue weighted by atomic mass is 10.3. The van der Waals surface area contributed by atoms with Gasteiger partial charge in [0.15, 0.2) is 11.5 Å². The number of hydrogen-bond donors (Lipinski definition) is 2. The highest BCUT2D eigenvalue weighted by Gasteiger charge is 2.24. The molecule has 2 N–H and O–H groups in total. The molecule has 0 bridgehead atoms. The summed E-state index contributed by atoms with van der Waals surface area (Å²) in [4.78, 5) is 21.9. The number of rotatable bonds is 7. The molecule has 2 aromatic carbocycles. The molecule has 10 heteroatoms. The molecule has 0 fully saturated rings. The minimum Gasteiger partial charge on any atom is -0.455 e. The van der Waals surface area contributed by atoms with Crippen molar-refractivity contribution in [2.45, 2.75) is 4.90 Å². The van der Waals surface area contributed by atoms with Crippen molar-refractivity contribution in [2.24, 2.45) is 0 Å². The zero-order valence-electron chi connectivity index (χ0n) is 13.2. The van der Waals surface area contributed by atoms with E-state index in [1.807, 2.05) is 0 Å². The molecule has 2 aromatic rings. The largest absolute Gasteiger partial charge is 0.455 e. The van der Waals surface area contributed by atoms with Gasteiger partial charge in [0.2, 0.25) is 10.0 Å². The number of carbonyl (C=O) groups excluding carboxylic acids is 2. The number of hydrogen-bond acceptors (Lipinski definition) is 5. The summed E-state index contributed by atoms with van der Waals surface area (Å²) in [6.45, 7) is -1.54. The quantitative estimate of drug-likeness (QED) is 0.703. The molecule has 0 radical (unpaired) electrons. The summed E-state index contributed by atoms with van der Waals surface area (Å²) in [6, 6.07) is 10.9. The van der Waals surface area contributed by atoms with Gasteiger partial charge in [-0.2, -0.15) is 4.72 Å². The number of nitrogens with one attached hydrogen (secondary N) is 2. The topological polar surface area (TPSA) is 102 Å². The van der Waals surface area contributed by atoms with E-state index in [0.717, 1.165) is 18.2 Å². The highest BCUT2D eigenvalue weighted by atomic mass is 32.2. The zero-order valence-corrected chi connectivity index (χ0v) is 14.1. The first-order valence-electron chi connectivity index (χ1n) is 7.24. The maximum absolute atomic E-state index is 13.5. The van der Waals surface area contributed by atoms with E-state index < -0.39 is 51.6 Å². The molecule has 0 aliphatic rings. The summed E-state index contributed by atoms with van der Waals surface area (Å²) < 4.78 is 57.1. The fraction of sp³-hybridized carbons (Fsp3) is 0.125. The van der Waals surface area contributed by atoms with Gasteiger partial charge in [-0.05, 0) is 24.3 Å². The highest BCUT2D eigenvalue weighted by Crippen LogP contribution is 2.17. The van der Waals surface area contributed by atoms with Crippen molar-refractivity contribution in [1.82, 2.24) is 4.72 Å². The molecule has 0 atom stereocenters. The summed E-state index contributed by atoms with van der Waals surface area (Å²) in [6.07, 6.45) is 0. The van der Waals surface area contributed by atoms with Crippen LogP contribution in [0.5, 0.6) is 0 Å². The Morgan fingerprint density at radius 1 is 0.962 bits per heavy atom. The number of benzene rings is 2. The first-order chi connectivity index (χ1) is 12.3. The predicted octanol–water partition coefficient (Wildman–Crippen LogP) is 1.42. The van der Waals surface area contributed by atoms with E-state index in [0.29, 0.717) is 5.69 Å². The number of para-hydroxylation sites is 1. The van der Waals surface area contributed by atoms with Gasteiger partial charge < -0.3 is 10.1 Å². The van der Waals surface area contributed by atoms with E-state index in [1.165, 1.54) is 0 Å². The van der Waals surface area contributed by atoms with Gasteiger partial charge in [0, 0.05) is 5.69 Å². The van der Waals surface area contributed by atoms with Crippen LogP contribution in [0.2, 0.25) is 0 Å². The summed E-state index contributed by atoms with van der Waals surface area (Å²) in [5.74, 6) is -4.32. The van der Waals surface area contributed by atoms with E-state index in [2.05, 4.69) is 10.1 Å². The van der Waals surface area contributed by atoms with Gasteiger partial charge in [0.1, 0.15) is 18.2 Å². The van der Waals surface area contributed by atoms with Crippen molar-refractivity contribution >= 4 is 27.6 Å². The fourth-order valence-electron chi connectivity index (χ4n) is 1.88. The van der Waals surface area contributed by atoms with E-state index in [-0.39, 0.29) is 0 Å². The summed E-state index contributed by atoms with van der Waals surface area (Å²) in [5, 5.41) is 2.46. The highest BCUT2D eigenvalue weighted by molar-refractivity contribution is 7.89. The molecule has 0 saturated heterocycles. The number of esters is 1. The van der Waals surface area contributed by atoms with E-state index >= 15 is 0 Å². The Morgan fingerprint density at radius 2 is 1.58 bits per heavy atom. The van der Waals surface area contributed by atoms with Gasteiger partial charge in [0.05, 0.1) is 0 Å². The standard InChI is InChI=1S/C16H14F2N2O5S/c17-12-7-4-8-13(18)16(12)26(23,24)19-9-15(22)25-10-14(21)20-11-5-2-1-3-6-11/h1-8,19H,9-10H2,(H,20,21). The fourth-order valence-corrected chi connectivity index (χ4v) is 2.98. The Morgan fingerprint density at radius 3 is 2.19 bits per heavy atom. The molecule has 0 aliphatic carbocycles. The maximum atomic E-state index is 13.5. The Hall–Kier alpha value is -2.85. The lowest BCUT2D eigenvalue weighted by molar-refractivity contribution is -0.146. The Labute approximate surface area is 148 Å². The number of anilines is 1. The number of halogens is 2. The van der Waals surface area contributed by atoms with Crippen LogP contribution >= 0.6 is 0 Å². The van der Waals surface area contributed by atoms with Crippen molar-refractivity contribution in [3.05, 3.63) is 60.2 Å². The molecule has 0 aromatic heterocycles. The van der Waals surface area contributed by atoms with Crippen LogP contribution in [0.1, 0.15) is 0 Å². The normalized spacial score (nSPS) is 11.0. The Balaban J connectivity index is 1.85. The van der Waals surface area contributed by atoms with Gasteiger partial charge >= 0.3 is 5.97 Å². The lowest BCUT2D eigenvalue weighted by Crippen LogP contribution is -2.33. The van der Waals surface area contributed by atoms with E-state index in [4.69, 9.17) is 0 Å². The minimum atomic E-state index is -4.61. The number of amides is 1. The first kappa shape index (κ1) is 19.5. The molecule has 0 aliphatic heterocycles. The van der Waals surface area contributed by atoms with Crippen LogP contribution in [0.3, 0.4) is 0 Å².